The lowest BCUT2D eigenvalue weighted by molar-refractivity contribution is 0.623. The van der Waals surface area contributed by atoms with E-state index in [2.05, 4.69) is 57.0 Å². The van der Waals surface area contributed by atoms with Gasteiger partial charge in [0.15, 0.2) is 5.58 Å². The first kappa shape index (κ1) is 22.4. The minimum absolute atomic E-state index is 0.609. The number of pyridine rings is 3. The lowest BCUT2D eigenvalue weighted by Gasteiger charge is -2.12. The van der Waals surface area contributed by atoms with Crippen LogP contribution in [-0.4, -0.2) is 24.5 Å². The first-order valence-electron chi connectivity index (χ1n) is 13.0. The second-order valence-electron chi connectivity index (χ2n) is 9.62. The fourth-order valence-electron chi connectivity index (χ4n) is 5.40. The van der Waals surface area contributed by atoms with Crippen molar-refractivity contribution >= 4 is 32.9 Å². The number of fused-ring (bicyclic) bond motifs is 5. The molecule has 0 saturated heterocycles. The van der Waals surface area contributed by atoms with E-state index >= 15 is 0 Å². The summed E-state index contributed by atoms with van der Waals surface area (Å²) >= 11 is 0. The van der Waals surface area contributed by atoms with Gasteiger partial charge in [-0.2, -0.15) is 0 Å². The van der Waals surface area contributed by atoms with Crippen molar-refractivity contribution < 1.29 is 4.42 Å². The van der Waals surface area contributed by atoms with Gasteiger partial charge in [0.25, 0.3) is 0 Å². The van der Waals surface area contributed by atoms with E-state index in [-0.39, 0.29) is 0 Å². The first-order valence-corrected chi connectivity index (χ1v) is 13.0. The van der Waals surface area contributed by atoms with Gasteiger partial charge in [0.05, 0.1) is 22.1 Å². The van der Waals surface area contributed by atoms with E-state index in [0.29, 0.717) is 5.89 Å². The summed E-state index contributed by atoms with van der Waals surface area (Å²) in [5, 5.41) is 2.10. The second kappa shape index (κ2) is 8.99. The summed E-state index contributed by atoms with van der Waals surface area (Å²) in [5.41, 5.74) is 8.58. The fraction of sp³-hybridized carbons (Fsp3) is 0. The minimum Gasteiger partial charge on any atom is -0.435 e. The van der Waals surface area contributed by atoms with E-state index in [1.807, 2.05) is 73.1 Å². The maximum atomic E-state index is 6.45. The maximum absolute atomic E-state index is 6.45. The van der Waals surface area contributed by atoms with Crippen molar-refractivity contribution in [3.05, 3.63) is 128 Å². The molecule has 6 heteroatoms. The van der Waals surface area contributed by atoms with Crippen molar-refractivity contribution in [3.63, 3.8) is 0 Å². The quantitative estimate of drug-likeness (QED) is 0.237. The third-order valence-corrected chi connectivity index (χ3v) is 7.24. The summed E-state index contributed by atoms with van der Waals surface area (Å²) in [6.45, 7) is 0. The highest BCUT2D eigenvalue weighted by molar-refractivity contribution is 6.19. The average Bonchev–Trinajstić information content (AvgIpc) is 3.62. The van der Waals surface area contributed by atoms with Gasteiger partial charge in [0.2, 0.25) is 5.89 Å². The van der Waals surface area contributed by atoms with Crippen molar-refractivity contribution in [2.24, 2.45) is 0 Å². The Kier molecular flexibility index (Phi) is 5.03. The summed E-state index contributed by atoms with van der Waals surface area (Å²) in [4.78, 5) is 18.4. The Morgan fingerprint density at radius 3 is 2.08 bits per heavy atom. The average molecular weight is 516 g/mol. The molecule has 0 N–H and O–H groups in total. The van der Waals surface area contributed by atoms with Crippen LogP contribution in [0.1, 0.15) is 0 Å². The molecule has 0 fully saturated rings. The van der Waals surface area contributed by atoms with Crippen molar-refractivity contribution in [2.75, 3.05) is 0 Å². The van der Waals surface area contributed by atoms with Gasteiger partial charge >= 0.3 is 0 Å². The summed E-state index contributed by atoms with van der Waals surface area (Å²) < 4.78 is 8.66. The number of hydrogen-bond acceptors (Lipinski definition) is 5. The van der Waals surface area contributed by atoms with E-state index in [1.165, 1.54) is 0 Å². The van der Waals surface area contributed by atoms with E-state index in [0.717, 1.165) is 66.7 Å². The fourth-order valence-corrected chi connectivity index (χ4v) is 5.40. The number of benzene rings is 3. The lowest BCUT2D eigenvalue weighted by Crippen LogP contribution is -2.00. The zero-order valence-corrected chi connectivity index (χ0v) is 21.3. The molecule has 0 saturated carbocycles. The summed E-state index contributed by atoms with van der Waals surface area (Å²) in [7, 11) is 0. The molecule has 0 aliphatic heterocycles. The van der Waals surface area contributed by atoms with Gasteiger partial charge in [-0.3, -0.25) is 14.5 Å². The van der Waals surface area contributed by atoms with Gasteiger partial charge in [0, 0.05) is 41.3 Å². The maximum Gasteiger partial charge on any atom is 0.227 e. The first-order chi connectivity index (χ1) is 19.8. The Balaban J connectivity index is 1.43. The monoisotopic (exact) mass is 515 g/mol. The topological polar surface area (TPSA) is 69.6 Å². The molecule has 0 bridgehead atoms. The van der Waals surface area contributed by atoms with E-state index in [9.17, 15) is 0 Å². The second-order valence-corrected chi connectivity index (χ2v) is 9.62. The van der Waals surface area contributed by atoms with Crippen LogP contribution in [-0.2, 0) is 0 Å². The van der Waals surface area contributed by atoms with Gasteiger partial charge in [-0.1, -0.05) is 36.4 Å². The standard InChI is InChI=1S/C34H21N5O/c1-2-6-24(7-3-1)34-38-27-10-11-30-32(33(27)40-34)26-8-4-5-9-29(26)39(30)31-21-25(22-12-16-35-17-13-22)20-28(37-31)23-14-18-36-19-15-23/h1-21H. The molecular formula is C34H21N5O. The molecule has 0 amide bonds. The number of nitrogens with zero attached hydrogens (tertiary/aromatic N) is 5. The molecule has 0 aliphatic carbocycles. The molecule has 0 radical (unpaired) electrons. The van der Waals surface area contributed by atoms with Gasteiger partial charge in [-0.15, -0.1) is 0 Å². The SMILES string of the molecule is c1ccc(-c2nc3ccc4c(c5ccccc5n4-c4cc(-c5ccncc5)cc(-c5ccncc5)n4)c3o2)cc1. The van der Waals surface area contributed by atoms with Crippen LogP contribution in [0.3, 0.4) is 0 Å². The molecule has 6 nitrogen and oxygen atoms in total. The van der Waals surface area contributed by atoms with Crippen molar-refractivity contribution in [1.82, 2.24) is 24.5 Å². The molecule has 3 aromatic carbocycles. The number of aromatic nitrogens is 5. The van der Waals surface area contributed by atoms with E-state index in [4.69, 9.17) is 14.4 Å². The van der Waals surface area contributed by atoms with Crippen LogP contribution in [0.25, 0.3) is 72.6 Å². The van der Waals surface area contributed by atoms with Gasteiger partial charge in [-0.25, -0.2) is 9.97 Å². The van der Waals surface area contributed by atoms with Gasteiger partial charge in [-0.05, 0) is 77.9 Å². The van der Waals surface area contributed by atoms with Crippen LogP contribution in [0, 0.1) is 0 Å². The molecule has 5 heterocycles. The zero-order chi connectivity index (χ0) is 26.5. The summed E-state index contributed by atoms with van der Waals surface area (Å²) in [6.07, 6.45) is 7.21. The Labute approximate surface area is 229 Å². The Morgan fingerprint density at radius 2 is 1.27 bits per heavy atom. The van der Waals surface area contributed by atoms with Crippen LogP contribution in [0.4, 0.5) is 0 Å². The molecule has 0 aliphatic rings. The smallest absolute Gasteiger partial charge is 0.227 e. The largest absolute Gasteiger partial charge is 0.435 e. The summed E-state index contributed by atoms with van der Waals surface area (Å²) in [5.74, 6) is 1.42. The van der Waals surface area contributed by atoms with Crippen molar-refractivity contribution in [3.8, 4) is 39.7 Å². The zero-order valence-electron chi connectivity index (χ0n) is 21.3. The molecule has 0 unspecified atom stereocenters. The van der Waals surface area contributed by atoms with Gasteiger partial charge in [0.1, 0.15) is 11.3 Å². The van der Waals surface area contributed by atoms with Crippen LogP contribution in [0.2, 0.25) is 0 Å². The molecular weight excluding hydrogens is 494 g/mol. The van der Waals surface area contributed by atoms with Crippen LogP contribution < -0.4 is 0 Å². The van der Waals surface area contributed by atoms with Crippen LogP contribution in [0.5, 0.6) is 0 Å². The van der Waals surface area contributed by atoms with E-state index < -0.39 is 0 Å². The highest BCUT2D eigenvalue weighted by atomic mass is 16.3. The number of hydrogen-bond donors (Lipinski definition) is 0. The number of rotatable bonds is 4. The molecule has 188 valence electrons. The number of para-hydroxylation sites is 1. The minimum atomic E-state index is 0.609. The summed E-state index contributed by atoms with van der Waals surface area (Å²) in [6, 6.07) is 34.8. The lowest BCUT2D eigenvalue weighted by atomic mass is 10.0. The van der Waals surface area contributed by atoms with Crippen LogP contribution >= 0.6 is 0 Å². The molecule has 5 aromatic heterocycles. The Hall–Kier alpha value is -5.62. The van der Waals surface area contributed by atoms with Crippen LogP contribution in [0.15, 0.2) is 132 Å². The van der Waals surface area contributed by atoms with Crippen molar-refractivity contribution in [2.45, 2.75) is 0 Å². The Morgan fingerprint density at radius 1 is 0.550 bits per heavy atom. The third kappa shape index (κ3) is 3.58. The number of oxazole rings is 1. The highest BCUT2D eigenvalue weighted by Crippen LogP contribution is 2.39. The predicted molar refractivity (Wildman–Crippen MR) is 158 cm³/mol. The molecule has 8 aromatic rings. The Bertz CT molecular complexity index is 2090. The third-order valence-electron chi connectivity index (χ3n) is 7.24. The molecule has 8 rings (SSSR count). The van der Waals surface area contributed by atoms with Crippen molar-refractivity contribution in [1.29, 1.82) is 0 Å². The molecule has 40 heavy (non-hydrogen) atoms. The highest BCUT2D eigenvalue weighted by Gasteiger charge is 2.20. The van der Waals surface area contributed by atoms with Gasteiger partial charge < -0.3 is 4.42 Å². The molecule has 0 spiro atoms. The molecule has 0 atom stereocenters. The van der Waals surface area contributed by atoms with E-state index in [1.54, 1.807) is 12.4 Å². The normalized spacial score (nSPS) is 11.5. The predicted octanol–water partition coefficient (Wildman–Crippen LogP) is 8.11.